The number of carbonyl (C=O) groups excluding carboxylic acids is 1. The van der Waals surface area contributed by atoms with Crippen molar-refractivity contribution >= 4 is 21.8 Å². The maximum absolute atomic E-state index is 12.8. The Morgan fingerprint density at radius 1 is 1.43 bits per heavy atom. The average Bonchev–Trinajstić information content (AvgIpc) is 2.62. The summed E-state index contributed by atoms with van der Waals surface area (Å²) in [6, 6.07) is 3.10. The van der Waals surface area contributed by atoms with E-state index in [-0.39, 0.29) is 11.7 Å². The predicted octanol–water partition coefficient (Wildman–Crippen LogP) is 3.72. The lowest BCUT2D eigenvalue weighted by Gasteiger charge is -2.23. The fourth-order valence-corrected chi connectivity index (χ4v) is 2.63. The van der Waals surface area contributed by atoms with E-state index < -0.39 is 17.6 Å². The van der Waals surface area contributed by atoms with Crippen LogP contribution >= 0.6 is 15.9 Å². The monoisotopic (exact) mass is 365 g/mol. The molecule has 1 unspecified atom stereocenters. The molecule has 7 heteroatoms. The minimum Gasteiger partial charge on any atom is -0.377 e. The zero-order chi connectivity index (χ0) is 15.6. The number of benzene rings is 1. The molecule has 1 amide bonds. The highest BCUT2D eigenvalue weighted by molar-refractivity contribution is 9.10. The van der Waals surface area contributed by atoms with Gasteiger partial charge in [0.05, 0.1) is 17.2 Å². The molecule has 0 spiro atoms. The first-order valence-corrected chi connectivity index (χ1v) is 7.36. The van der Waals surface area contributed by atoms with Gasteiger partial charge in [-0.3, -0.25) is 4.79 Å². The van der Waals surface area contributed by atoms with Crippen molar-refractivity contribution in [3.63, 3.8) is 0 Å². The molecule has 2 rings (SSSR count). The third-order valence-corrected chi connectivity index (χ3v) is 3.96. The molecule has 3 nitrogen and oxygen atoms in total. The van der Waals surface area contributed by atoms with Crippen molar-refractivity contribution in [2.24, 2.45) is 0 Å². The summed E-state index contributed by atoms with van der Waals surface area (Å²) in [6.45, 7) is 3.24. The normalized spacial score (nSPS) is 20.2. The number of ether oxygens (including phenoxy) is 1. The number of halogens is 4. The van der Waals surface area contributed by atoms with E-state index in [0.29, 0.717) is 30.6 Å². The number of carbonyl (C=O) groups is 1. The van der Waals surface area contributed by atoms with Crippen molar-refractivity contribution in [1.82, 2.24) is 4.90 Å². The molecule has 21 heavy (non-hydrogen) atoms. The highest BCUT2D eigenvalue weighted by Gasteiger charge is 2.32. The van der Waals surface area contributed by atoms with E-state index in [1.807, 2.05) is 6.92 Å². The third-order valence-electron chi connectivity index (χ3n) is 3.26. The zero-order valence-corrected chi connectivity index (χ0v) is 13.0. The van der Waals surface area contributed by atoms with Crippen LogP contribution in [0.3, 0.4) is 0 Å². The van der Waals surface area contributed by atoms with Crippen LogP contribution in [0, 0.1) is 0 Å². The van der Waals surface area contributed by atoms with E-state index in [4.69, 9.17) is 4.74 Å². The molecule has 0 aliphatic carbocycles. The van der Waals surface area contributed by atoms with Gasteiger partial charge in [0.2, 0.25) is 0 Å². The molecule has 1 fully saturated rings. The minimum atomic E-state index is -4.47. The Kier molecular flexibility index (Phi) is 4.93. The van der Waals surface area contributed by atoms with Crippen molar-refractivity contribution in [2.75, 3.05) is 19.7 Å². The predicted molar refractivity (Wildman–Crippen MR) is 75.1 cm³/mol. The number of hydrogen-bond donors (Lipinski definition) is 0. The smallest absolute Gasteiger partial charge is 0.377 e. The van der Waals surface area contributed by atoms with Crippen LogP contribution in [0.15, 0.2) is 22.7 Å². The van der Waals surface area contributed by atoms with E-state index in [0.717, 1.165) is 12.1 Å². The quantitative estimate of drug-likeness (QED) is 0.758. The van der Waals surface area contributed by atoms with Gasteiger partial charge in [-0.05, 0) is 47.5 Å². The fraction of sp³-hybridized carbons (Fsp3) is 0.500. The molecule has 0 saturated carbocycles. The summed E-state index contributed by atoms with van der Waals surface area (Å²) in [5.41, 5.74) is -0.799. The van der Waals surface area contributed by atoms with Crippen LogP contribution in [0.25, 0.3) is 0 Å². The van der Waals surface area contributed by atoms with Gasteiger partial charge >= 0.3 is 6.18 Å². The number of nitrogens with zero attached hydrogens (tertiary/aromatic N) is 1. The highest BCUT2D eigenvalue weighted by atomic mass is 79.9. The Bertz CT molecular complexity index is 533. The topological polar surface area (TPSA) is 29.5 Å². The van der Waals surface area contributed by atoms with Gasteiger partial charge < -0.3 is 9.64 Å². The second kappa shape index (κ2) is 6.36. The van der Waals surface area contributed by atoms with Crippen LogP contribution in [-0.2, 0) is 10.9 Å². The second-order valence-electron chi connectivity index (χ2n) is 4.98. The number of amides is 1. The van der Waals surface area contributed by atoms with Gasteiger partial charge in [0, 0.05) is 24.2 Å². The van der Waals surface area contributed by atoms with Gasteiger partial charge in [-0.1, -0.05) is 0 Å². The molecule has 0 bridgehead atoms. The van der Waals surface area contributed by atoms with Gasteiger partial charge in [0.1, 0.15) is 0 Å². The Morgan fingerprint density at radius 3 is 2.81 bits per heavy atom. The van der Waals surface area contributed by atoms with E-state index in [9.17, 15) is 18.0 Å². The first-order chi connectivity index (χ1) is 9.79. The molecular weight excluding hydrogens is 351 g/mol. The van der Waals surface area contributed by atoms with Crippen LogP contribution in [0.2, 0.25) is 0 Å². The lowest BCUT2D eigenvalue weighted by atomic mass is 10.1. The number of alkyl halides is 3. The first kappa shape index (κ1) is 16.3. The summed E-state index contributed by atoms with van der Waals surface area (Å²) in [6.07, 6.45) is -3.92. The molecule has 0 aromatic heterocycles. The second-order valence-corrected chi connectivity index (χ2v) is 5.83. The van der Waals surface area contributed by atoms with Crippen LogP contribution < -0.4 is 0 Å². The third kappa shape index (κ3) is 3.97. The van der Waals surface area contributed by atoms with E-state index in [2.05, 4.69) is 15.9 Å². The van der Waals surface area contributed by atoms with Gasteiger partial charge in [-0.25, -0.2) is 0 Å². The highest BCUT2D eigenvalue weighted by Crippen LogP contribution is 2.32. The summed E-state index contributed by atoms with van der Waals surface area (Å²) >= 11 is 3.15. The van der Waals surface area contributed by atoms with Crippen LogP contribution in [0.5, 0.6) is 0 Å². The van der Waals surface area contributed by atoms with Gasteiger partial charge in [0.25, 0.3) is 5.91 Å². The number of rotatable bonds is 1. The Labute approximate surface area is 129 Å². The lowest BCUT2D eigenvalue weighted by molar-refractivity contribution is -0.137. The van der Waals surface area contributed by atoms with E-state index in [1.165, 1.54) is 11.0 Å². The Morgan fingerprint density at radius 2 is 2.14 bits per heavy atom. The molecule has 0 radical (unpaired) electrons. The molecule has 1 atom stereocenters. The van der Waals surface area contributed by atoms with Crippen molar-refractivity contribution in [3.8, 4) is 0 Å². The SMILES string of the molecule is CC1CN(C(=O)c2cc(C(F)(F)F)ccc2Br)CCCO1. The molecule has 116 valence electrons. The summed E-state index contributed by atoms with van der Waals surface area (Å²) in [5.74, 6) is -0.412. The minimum absolute atomic E-state index is 0.0268. The maximum atomic E-state index is 12.8. The van der Waals surface area contributed by atoms with Crippen molar-refractivity contribution in [3.05, 3.63) is 33.8 Å². The summed E-state index contributed by atoms with van der Waals surface area (Å²) in [7, 11) is 0. The van der Waals surface area contributed by atoms with E-state index >= 15 is 0 Å². The largest absolute Gasteiger partial charge is 0.416 e. The molecule has 1 saturated heterocycles. The summed E-state index contributed by atoms with van der Waals surface area (Å²) < 4.78 is 44.1. The van der Waals surface area contributed by atoms with E-state index in [1.54, 1.807) is 0 Å². The standard InChI is InChI=1S/C14H15BrF3NO2/c1-9-8-19(5-2-6-21-9)13(20)11-7-10(14(16,17)18)3-4-12(11)15/h3-4,7,9H,2,5-6,8H2,1H3. The van der Waals surface area contributed by atoms with Crippen LogP contribution in [-0.4, -0.2) is 36.6 Å². The molecule has 1 aliphatic rings. The van der Waals surface area contributed by atoms with Gasteiger partial charge in [-0.15, -0.1) is 0 Å². The van der Waals surface area contributed by atoms with Gasteiger partial charge in [0.15, 0.2) is 0 Å². The number of hydrogen-bond acceptors (Lipinski definition) is 2. The van der Waals surface area contributed by atoms with Crippen molar-refractivity contribution in [1.29, 1.82) is 0 Å². The van der Waals surface area contributed by atoms with Crippen molar-refractivity contribution in [2.45, 2.75) is 25.6 Å². The van der Waals surface area contributed by atoms with Crippen LogP contribution in [0.4, 0.5) is 13.2 Å². The van der Waals surface area contributed by atoms with Crippen molar-refractivity contribution < 1.29 is 22.7 Å². The molecule has 1 aromatic carbocycles. The zero-order valence-electron chi connectivity index (χ0n) is 11.4. The Balaban J connectivity index is 2.29. The fourth-order valence-electron chi connectivity index (χ4n) is 2.21. The average molecular weight is 366 g/mol. The first-order valence-electron chi connectivity index (χ1n) is 6.56. The van der Waals surface area contributed by atoms with Gasteiger partial charge in [-0.2, -0.15) is 13.2 Å². The Hall–Kier alpha value is -1.08. The molecule has 1 heterocycles. The summed E-state index contributed by atoms with van der Waals surface area (Å²) in [5, 5.41) is 0. The maximum Gasteiger partial charge on any atom is 0.416 e. The summed E-state index contributed by atoms with van der Waals surface area (Å²) in [4.78, 5) is 14.0. The van der Waals surface area contributed by atoms with Crippen LogP contribution in [0.1, 0.15) is 29.3 Å². The molecule has 1 aliphatic heterocycles. The molecular formula is C14H15BrF3NO2. The molecule has 1 aromatic rings. The lowest BCUT2D eigenvalue weighted by Crippen LogP contribution is -2.36. The molecule has 0 N–H and O–H groups in total.